The lowest BCUT2D eigenvalue weighted by atomic mass is 10.1. The van der Waals surface area contributed by atoms with Crippen molar-refractivity contribution in [1.29, 1.82) is 0 Å². The molecule has 3 aromatic rings. The molecule has 7 heteroatoms. The van der Waals surface area contributed by atoms with E-state index in [1.807, 2.05) is 33.7 Å². The van der Waals surface area contributed by atoms with E-state index >= 15 is 0 Å². The minimum Gasteiger partial charge on any atom is -0.327 e. The molecule has 0 spiro atoms. The summed E-state index contributed by atoms with van der Waals surface area (Å²) in [6.07, 6.45) is 7.55. The summed E-state index contributed by atoms with van der Waals surface area (Å²) in [7, 11) is 0. The number of nitrogens with one attached hydrogen (secondary N) is 1. The summed E-state index contributed by atoms with van der Waals surface area (Å²) in [6.45, 7) is 0.663. The van der Waals surface area contributed by atoms with E-state index < -0.39 is 0 Å². The molecule has 28 heavy (non-hydrogen) atoms. The smallest absolute Gasteiger partial charge is 0.272 e. The van der Waals surface area contributed by atoms with Gasteiger partial charge in [-0.3, -0.25) is 19.3 Å². The van der Waals surface area contributed by atoms with Crippen LogP contribution in [0.4, 0.5) is 0 Å². The van der Waals surface area contributed by atoms with Crippen molar-refractivity contribution in [1.82, 2.24) is 24.6 Å². The van der Waals surface area contributed by atoms with Gasteiger partial charge in [0, 0.05) is 18.8 Å². The zero-order chi connectivity index (χ0) is 19.1. The Kier molecular flexibility index (Phi) is 4.22. The first-order chi connectivity index (χ1) is 13.7. The SMILES string of the molecule is O=C(c1ccn[nH]1)N1CCCC1c1nc2ccccc2c(=O)n1C1CCCC1. The van der Waals surface area contributed by atoms with Crippen molar-refractivity contribution in [2.45, 2.75) is 50.6 Å². The molecule has 1 atom stereocenters. The quantitative estimate of drug-likeness (QED) is 0.760. The number of hydrogen-bond acceptors (Lipinski definition) is 4. The molecule has 1 N–H and O–H groups in total. The van der Waals surface area contributed by atoms with Gasteiger partial charge in [-0.05, 0) is 43.9 Å². The number of carbonyl (C=O) groups is 1. The van der Waals surface area contributed by atoms with E-state index in [2.05, 4.69) is 10.2 Å². The maximum absolute atomic E-state index is 13.4. The summed E-state index contributed by atoms with van der Waals surface area (Å²) in [6, 6.07) is 9.19. The van der Waals surface area contributed by atoms with E-state index in [9.17, 15) is 9.59 Å². The molecule has 2 aromatic heterocycles. The third-order valence-corrected chi connectivity index (χ3v) is 6.07. The molecule has 1 unspecified atom stereocenters. The standard InChI is InChI=1S/C21H23N5O2/c27-20-15-8-3-4-9-16(15)23-19(26(20)14-6-1-2-7-14)18-10-5-13-25(18)21(28)17-11-12-22-24-17/h3-4,8-9,11-12,14,18H,1-2,5-7,10,13H2,(H,22,24). The lowest BCUT2D eigenvalue weighted by molar-refractivity contribution is 0.0719. The first-order valence-electron chi connectivity index (χ1n) is 10.1. The topological polar surface area (TPSA) is 83.9 Å². The summed E-state index contributed by atoms with van der Waals surface area (Å²) >= 11 is 0. The van der Waals surface area contributed by atoms with Gasteiger partial charge < -0.3 is 4.90 Å². The number of para-hydroxylation sites is 1. The molecule has 0 bridgehead atoms. The zero-order valence-electron chi connectivity index (χ0n) is 15.7. The number of aromatic nitrogens is 4. The van der Waals surface area contributed by atoms with Gasteiger partial charge >= 0.3 is 0 Å². The lowest BCUT2D eigenvalue weighted by Gasteiger charge is -2.28. The van der Waals surface area contributed by atoms with E-state index in [1.165, 1.54) is 0 Å². The molecule has 2 aliphatic rings. The van der Waals surface area contributed by atoms with Crippen LogP contribution in [0.25, 0.3) is 10.9 Å². The number of nitrogens with zero attached hydrogens (tertiary/aromatic N) is 4. The Morgan fingerprint density at radius 2 is 1.89 bits per heavy atom. The highest BCUT2D eigenvalue weighted by molar-refractivity contribution is 5.92. The van der Waals surface area contributed by atoms with Crippen molar-refractivity contribution in [3.8, 4) is 0 Å². The molecule has 0 radical (unpaired) electrons. The van der Waals surface area contributed by atoms with E-state index in [-0.39, 0.29) is 23.6 Å². The summed E-state index contributed by atoms with van der Waals surface area (Å²) in [5.74, 6) is 0.654. The number of carbonyl (C=O) groups excluding carboxylic acids is 1. The molecule has 1 aliphatic carbocycles. The number of hydrogen-bond donors (Lipinski definition) is 1. The Morgan fingerprint density at radius 1 is 1.07 bits per heavy atom. The molecule has 1 saturated carbocycles. The summed E-state index contributed by atoms with van der Waals surface area (Å²) in [5, 5.41) is 7.33. The fourth-order valence-electron chi connectivity index (χ4n) is 4.72. The van der Waals surface area contributed by atoms with Gasteiger partial charge in [-0.25, -0.2) is 4.98 Å². The van der Waals surface area contributed by atoms with Gasteiger partial charge in [0.25, 0.3) is 11.5 Å². The van der Waals surface area contributed by atoms with Crippen LogP contribution >= 0.6 is 0 Å². The molecule has 1 amide bonds. The Bertz CT molecular complexity index is 1070. The first-order valence-corrected chi connectivity index (χ1v) is 10.1. The van der Waals surface area contributed by atoms with Gasteiger partial charge in [-0.15, -0.1) is 0 Å². The number of benzene rings is 1. The lowest BCUT2D eigenvalue weighted by Crippen LogP contribution is -2.36. The fourth-order valence-corrected chi connectivity index (χ4v) is 4.72. The zero-order valence-corrected chi connectivity index (χ0v) is 15.7. The van der Waals surface area contributed by atoms with Crippen molar-refractivity contribution in [2.75, 3.05) is 6.54 Å². The minimum atomic E-state index is -0.186. The second-order valence-corrected chi connectivity index (χ2v) is 7.73. The minimum absolute atomic E-state index is 0.0216. The monoisotopic (exact) mass is 377 g/mol. The Morgan fingerprint density at radius 3 is 2.68 bits per heavy atom. The highest BCUT2D eigenvalue weighted by Gasteiger charge is 2.36. The predicted molar refractivity (Wildman–Crippen MR) is 105 cm³/mol. The van der Waals surface area contributed by atoms with Crippen molar-refractivity contribution < 1.29 is 4.79 Å². The second kappa shape index (κ2) is 6.89. The van der Waals surface area contributed by atoms with Crippen LogP contribution in [0.1, 0.15) is 66.9 Å². The molecule has 1 aliphatic heterocycles. The van der Waals surface area contributed by atoms with Gasteiger partial charge in [0.15, 0.2) is 0 Å². The van der Waals surface area contributed by atoms with E-state index in [0.717, 1.165) is 44.3 Å². The van der Waals surface area contributed by atoms with Crippen molar-refractivity contribution in [3.63, 3.8) is 0 Å². The summed E-state index contributed by atoms with van der Waals surface area (Å²) < 4.78 is 1.90. The van der Waals surface area contributed by atoms with Crippen LogP contribution < -0.4 is 5.56 Å². The number of aromatic amines is 1. The fraction of sp³-hybridized carbons (Fsp3) is 0.429. The van der Waals surface area contributed by atoms with Crippen molar-refractivity contribution in [2.24, 2.45) is 0 Å². The van der Waals surface area contributed by atoms with Crippen LogP contribution in [0.3, 0.4) is 0 Å². The number of amides is 1. The molecule has 1 saturated heterocycles. The van der Waals surface area contributed by atoms with Crippen LogP contribution in [-0.2, 0) is 0 Å². The summed E-state index contributed by atoms with van der Waals surface area (Å²) in [4.78, 5) is 33.2. The molecular formula is C21H23N5O2. The van der Waals surface area contributed by atoms with Gasteiger partial charge in [0.1, 0.15) is 11.5 Å². The molecule has 7 nitrogen and oxygen atoms in total. The van der Waals surface area contributed by atoms with Crippen LogP contribution in [0.2, 0.25) is 0 Å². The molecule has 5 rings (SSSR count). The number of likely N-dealkylation sites (tertiary alicyclic amines) is 1. The van der Waals surface area contributed by atoms with Gasteiger partial charge in [-0.2, -0.15) is 5.10 Å². The molecule has 2 fully saturated rings. The third-order valence-electron chi connectivity index (χ3n) is 6.07. The summed E-state index contributed by atoms with van der Waals surface area (Å²) in [5.41, 5.74) is 1.20. The van der Waals surface area contributed by atoms with E-state index in [4.69, 9.17) is 4.98 Å². The average Bonchev–Trinajstić information content (AvgIpc) is 3.49. The second-order valence-electron chi connectivity index (χ2n) is 7.73. The molecule has 1 aromatic carbocycles. The number of fused-ring (bicyclic) bond motifs is 1. The maximum atomic E-state index is 13.4. The molecule has 144 valence electrons. The van der Waals surface area contributed by atoms with Crippen LogP contribution in [0.5, 0.6) is 0 Å². The number of rotatable bonds is 3. The molecule has 3 heterocycles. The highest BCUT2D eigenvalue weighted by atomic mass is 16.2. The highest BCUT2D eigenvalue weighted by Crippen LogP contribution is 2.36. The van der Waals surface area contributed by atoms with Crippen LogP contribution in [0, 0.1) is 0 Å². The predicted octanol–water partition coefficient (Wildman–Crippen LogP) is 3.21. The van der Waals surface area contributed by atoms with Crippen molar-refractivity contribution in [3.05, 3.63) is 58.4 Å². The van der Waals surface area contributed by atoms with E-state index in [0.29, 0.717) is 23.1 Å². The average molecular weight is 377 g/mol. The van der Waals surface area contributed by atoms with Crippen LogP contribution in [-0.4, -0.2) is 37.1 Å². The number of H-pyrrole nitrogens is 1. The maximum Gasteiger partial charge on any atom is 0.272 e. The Labute approximate surface area is 162 Å². The largest absolute Gasteiger partial charge is 0.327 e. The van der Waals surface area contributed by atoms with E-state index in [1.54, 1.807) is 12.3 Å². The van der Waals surface area contributed by atoms with Crippen LogP contribution in [0.15, 0.2) is 41.3 Å². The van der Waals surface area contributed by atoms with Gasteiger partial charge in [0.2, 0.25) is 0 Å². The van der Waals surface area contributed by atoms with Gasteiger partial charge in [0.05, 0.1) is 16.9 Å². The normalized spacial score (nSPS) is 20.3. The Hall–Kier alpha value is -2.96. The first kappa shape index (κ1) is 17.2. The molecular weight excluding hydrogens is 354 g/mol. The van der Waals surface area contributed by atoms with Crippen molar-refractivity contribution >= 4 is 16.8 Å². The third kappa shape index (κ3) is 2.73. The Balaban J connectivity index is 1.65. The van der Waals surface area contributed by atoms with Gasteiger partial charge in [-0.1, -0.05) is 25.0 Å².